The van der Waals surface area contributed by atoms with E-state index < -0.39 is 0 Å². The fraction of sp³-hybridized carbons (Fsp3) is 0.250. The first-order valence-electron chi connectivity index (χ1n) is 10.1. The van der Waals surface area contributed by atoms with Gasteiger partial charge in [-0.25, -0.2) is 0 Å². The molecule has 30 heavy (non-hydrogen) atoms. The third-order valence-corrected chi connectivity index (χ3v) is 6.11. The second-order valence-electron chi connectivity index (χ2n) is 7.33. The molecule has 2 aromatic carbocycles. The molecule has 0 saturated carbocycles. The fourth-order valence-corrected chi connectivity index (χ4v) is 4.21. The predicted molar refractivity (Wildman–Crippen MR) is 119 cm³/mol. The van der Waals surface area contributed by atoms with Crippen LogP contribution in [0, 0.1) is 5.92 Å². The number of rotatable bonds is 6. The molecular weight excluding hydrogens is 396 g/mol. The number of benzene rings is 2. The molecule has 0 aliphatic carbocycles. The van der Waals surface area contributed by atoms with Gasteiger partial charge in [0.2, 0.25) is 5.91 Å². The maximum absolute atomic E-state index is 12.6. The Labute approximate surface area is 180 Å². The van der Waals surface area contributed by atoms with Gasteiger partial charge in [-0.1, -0.05) is 36.4 Å². The lowest BCUT2D eigenvalue weighted by Crippen LogP contribution is -2.41. The highest BCUT2D eigenvalue weighted by Gasteiger charge is 2.28. The average molecular weight is 421 g/mol. The zero-order chi connectivity index (χ0) is 20.8. The zero-order valence-corrected chi connectivity index (χ0v) is 17.4. The van der Waals surface area contributed by atoms with Gasteiger partial charge >= 0.3 is 0 Å². The van der Waals surface area contributed by atoms with Crippen LogP contribution in [0.5, 0.6) is 5.75 Å². The molecule has 1 fully saturated rings. The van der Waals surface area contributed by atoms with Crippen LogP contribution >= 0.6 is 11.3 Å². The number of hydrogen-bond acceptors (Lipinski definition) is 4. The van der Waals surface area contributed by atoms with Crippen LogP contribution in [0.25, 0.3) is 0 Å². The van der Waals surface area contributed by atoms with Crippen LogP contribution in [0.15, 0.2) is 72.1 Å². The van der Waals surface area contributed by atoms with Gasteiger partial charge in [-0.15, -0.1) is 11.3 Å². The van der Waals surface area contributed by atoms with Crippen molar-refractivity contribution in [3.05, 3.63) is 82.6 Å². The summed E-state index contributed by atoms with van der Waals surface area (Å²) in [6.07, 6.45) is 1.36. The number of thiophene rings is 1. The van der Waals surface area contributed by atoms with E-state index >= 15 is 0 Å². The van der Waals surface area contributed by atoms with Crippen LogP contribution < -0.4 is 10.1 Å². The monoisotopic (exact) mass is 420 g/mol. The average Bonchev–Trinajstić information content (AvgIpc) is 3.34. The molecule has 6 heteroatoms. The van der Waals surface area contributed by atoms with E-state index in [1.807, 2.05) is 77.0 Å². The van der Waals surface area contributed by atoms with E-state index in [0.29, 0.717) is 32.5 Å². The Morgan fingerprint density at radius 1 is 0.967 bits per heavy atom. The molecule has 1 aliphatic heterocycles. The van der Waals surface area contributed by atoms with Crippen molar-refractivity contribution in [3.8, 4) is 5.75 Å². The number of amides is 2. The maximum atomic E-state index is 12.6. The SMILES string of the molecule is O=C(Nc1ccc(OCc2ccccc2)cc1)C1CCN(C(=O)c2cccs2)CC1. The summed E-state index contributed by atoms with van der Waals surface area (Å²) >= 11 is 1.46. The van der Waals surface area contributed by atoms with Gasteiger partial charge in [0.25, 0.3) is 5.91 Å². The number of carbonyl (C=O) groups excluding carboxylic acids is 2. The Morgan fingerprint density at radius 2 is 1.70 bits per heavy atom. The minimum Gasteiger partial charge on any atom is -0.489 e. The van der Waals surface area contributed by atoms with Crippen LogP contribution in [0.2, 0.25) is 0 Å². The van der Waals surface area contributed by atoms with Gasteiger partial charge in [0.15, 0.2) is 0 Å². The summed E-state index contributed by atoms with van der Waals surface area (Å²) in [6, 6.07) is 21.2. The molecule has 0 atom stereocenters. The first-order valence-corrected chi connectivity index (χ1v) is 11.0. The van der Waals surface area contributed by atoms with Crippen molar-refractivity contribution in [3.63, 3.8) is 0 Å². The molecule has 1 saturated heterocycles. The Hall–Kier alpha value is -3.12. The number of piperidine rings is 1. The van der Waals surface area contributed by atoms with Gasteiger partial charge in [0.1, 0.15) is 12.4 Å². The van der Waals surface area contributed by atoms with Gasteiger partial charge in [-0.05, 0) is 54.1 Å². The lowest BCUT2D eigenvalue weighted by Gasteiger charge is -2.31. The summed E-state index contributed by atoms with van der Waals surface area (Å²) < 4.78 is 5.78. The summed E-state index contributed by atoms with van der Waals surface area (Å²) in [5, 5.41) is 4.90. The molecular formula is C24H24N2O3S. The van der Waals surface area contributed by atoms with Gasteiger partial charge in [0, 0.05) is 24.7 Å². The highest BCUT2D eigenvalue weighted by atomic mass is 32.1. The van der Waals surface area contributed by atoms with Crippen molar-refractivity contribution < 1.29 is 14.3 Å². The van der Waals surface area contributed by atoms with Crippen molar-refractivity contribution in [1.29, 1.82) is 0 Å². The van der Waals surface area contributed by atoms with Crippen molar-refractivity contribution in [2.24, 2.45) is 5.92 Å². The highest BCUT2D eigenvalue weighted by Crippen LogP contribution is 2.23. The van der Waals surface area contributed by atoms with Crippen molar-refractivity contribution in [2.45, 2.75) is 19.4 Å². The molecule has 2 amide bonds. The number of likely N-dealkylation sites (tertiary alicyclic amines) is 1. The summed E-state index contributed by atoms with van der Waals surface area (Å²) in [6.45, 7) is 1.73. The lowest BCUT2D eigenvalue weighted by atomic mass is 9.95. The molecule has 0 unspecified atom stereocenters. The van der Waals surface area contributed by atoms with Gasteiger partial charge < -0.3 is 15.0 Å². The van der Waals surface area contributed by atoms with E-state index in [0.717, 1.165) is 21.9 Å². The first kappa shape index (κ1) is 20.2. The van der Waals surface area contributed by atoms with E-state index in [9.17, 15) is 9.59 Å². The van der Waals surface area contributed by atoms with E-state index in [4.69, 9.17) is 4.74 Å². The number of ether oxygens (including phenoxy) is 1. The molecule has 1 aromatic heterocycles. The minimum absolute atomic E-state index is 0.0103. The third-order valence-electron chi connectivity index (χ3n) is 5.26. The quantitative estimate of drug-likeness (QED) is 0.622. The van der Waals surface area contributed by atoms with Crippen LogP contribution in [0.3, 0.4) is 0 Å². The Morgan fingerprint density at radius 3 is 2.37 bits per heavy atom. The predicted octanol–water partition coefficient (Wildman–Crippen LogP) is 4.82. The second-order valence-corrected chi connectivity index (χ2v) is 8.28. The van der Waals surface area contributed by atoms with Gasteiger partial charge in [-0.2, -0.15) is 0 Å². The fourth-order valence-electron chi connectivity index (χ4n) is 3.52. The molecule has 3 aromatic rings. The molecule has 5 nitrogen and oxygen atoms in total. The third kappa shape index (κ3) is 5.07. The van der Waals surface area contributed by atoms with E-state index in [2.05, 4.69) is 5.32 Å². The Kier molecular flexibility index (Phi) is 6.44. The van der Waals surface area contributed by atoms with E-state index in [1.54, 1.807) is 0 Å². The number of nitrogens with zero attached hydrogens (tertiary/aromatic N) is 1. The topological polar surface area (TPSA) is 58.6 Å². The van der Waals surface area contributed by atoms with Crippen LogP contribution in [-0.2, 0) is 11.4 Å². The van der Waals surface area contributed by atoms with E-state index in [1.165, 1.54) is 11.3 Å². The maximum Gasteiger partial charge on any atom is 0.263 e. The molecule has 0 radical (unpaired) electrons. The smallest absolute Gasteiger partial charge is 0.263 e. The molecule has 154 valence electrons. The minimum atomic E-state index is -0.0774. The van der Waals surface area contributed by atoms with Crippen LogP contribution in [0.4, 0.5) is 5.69 Å². The summed E-state index contributed by atoms with van der Waals surface area (Å²) in [5.41, 5.74) is 1.86. The molecule has 0 bridgehead atoms. The Balaban J connectivity index is 1.24. The first-order chi connectivity index (χ1) is 14.7. The molecule has 0 spiro atoms. The number of carbonyl (C=O) groups is 2. The second kappa shape index (κ2) is 9.59. The van der Waals surface area contributed by atoms with Crippen molar-refractivity contribution >= 4 is 28.8 Å². The Bertz CT molecular complexity index is 963. The normalized spacial score (nSPS) is 14.3. The molecule has 4 rings (SSSR count). The zero-order valence-electron chi connectivity index (χ0n) is 16.6. The number of anilines is 1. The van der Waals surface area contributed by atoms with Crippen molar-refractivity contribution in [1.82, 2.24) is 4.90 Å². The lowest BCUT2D eigenvalue weighted by molar-refractivity contribution is -0.121. The summed E-state index contributed by atoms with van der Waals surface area (Å²) in [7, 11) is 0. The standard InChI is InChI=1S/C24H24N2O3S/c27-23(19-12-14-26(15-13-19)24(28)22-7-4-16-30-22)25-20-8-10-21(11-9-20)29-17-18-5-2-1-3-6-18/h1-11,16,19H,12-15,17H2,(H,25,27). The highest BCUT2D eigenvalue weighted by molar-refractivity contribution is 7.12. The van der Waals surface area contributed by atoms with E-state index in [-0.39, 0.29) is 17.7 Å². The van der Waals surface area contributed by atoms with Gasteiger partial charge in [0.05, 0.1) is 4.88 Å². The molecule has 1 aliphatic rings. The summed E-state index contributed by atoms with van der Waals surface area (Å²) in [5.74, 6) is 0.759. The van der Waals surface area contributed by atoms with Gasteiger partial charge in [-0.3, -0.25) is 9.59 Å². The molecule has 1 N–H and O–H groups in total. The van der Waals surface area contributed by atoms with Crippen LogP contribution in [-0.4, -0.2) is 29.8 Å². The largest absolute Gasteiger partial charge is 0.489 e. The number of nitrogens with one attached hydrogen (secondary N) is 1. The molecule has 2 heterocycles. The van der Waals surface area contributed by atoms with Crippen LogP contribution in [0.1, 0.15) is 28.1 Å². The number of hydrogen-bond donors (Lipinski definition) is 1. The van der Waals surface area contributed by atoms with Crippen molar-refractivity contribution in [2.75, 3.05) is 18.4 Å². The summed E-state index contributed by atoms with van der Waals surface area (Å²) in [4.78, 5) is 27.7.